The van der Waals surface area contributed by atoms with E-state index in [1.54, 1.807) is 24.1 Å². The molecule has 132 valence electrons. The molecule has 2 aromatic rings. The molecular weight excluding hydrogens is 318 g/mol. The molecule has 0 heterocycles. The average Bonchev–Trinajstić information content (AvgIpc) is 2.59. The third-order valence-corrected chi connectivity index (χ3v) is 3.84. The maximum absolute atomic E-state index is 12.3. The number of nitrogens with zero attached hydrogens (tertiary/aromatic N) is 1. The molecule has 2 rings (SSSR count). The Morgan fingerprint density at radius 1 is 1.08 bits per heavy atom. The molecule has 0 aliphatic carbocycles. The highest BCUT2D eigenvalue weighted by Crippen LogP contribution is 2.14. The van der Waals surface area contributed by atoms with Crippen molar-refractivity contribution in [1.29, 1.82) is 0 Å². The third-order valence-electron chi connectivity index (χ3n) is 3.84. The number of carboxylic acids is 1. The van der Waals surface area contributed by atoms with Crippen molar-refractivity contribution in [1.82, 2.24) is 4.90 Å². The topological polar surface area (TPSA) is 66.8 Å². The smallest absolute Gasteiger partial charge is 0.341 e. The van der Waals surface area contributed by atoms with E-state index in [2.05, 4.69) is 6.07 Å². The molecule has 0 bridgehead atoms. The van der Waals surface area contributed by atoms with Crippen LogP contribution in [0.5, 0.6) is 5.75 Å². The summed E-state index contributed by atoms with van der Waals surface area (Å²) < 4.78 is 5.09. The van der Waals surface area contributed by atoms with Crippen molar-refractivity contribution >= 4 is 11.9 Å². The van der Waals surface area contributed by atoms with Crippen molar-refractivity contribution in [3.05, 3.63) is 65.2 Å². The molecule has 0 atom stereocenters. The molecular formula is C20H23NO4. The van der Waals surface area contributed by atoms with E-state index in [4.69, 9.17) is 9.84 Å². The summed E-state index contributed by atoms with van der Waals surface area (Å²) in [6.07, 6.45) is 1.20. The predicted molar refractivity (Wildman–Crippen MR) is 95.5 cm³/mol. The lowest BCUT2D eigenvalue weighted by Crippen LogP contribution is -2.26. The molecule has 5 nitrogen and oxygen atoms in total. The van der Waals surface area contributed by atoms with Crippen LogP contribution in [0.15, 0.2) is 48.5 Å². The van der Waals surface area contributed by atoms with E-state index in [1.807, 2.05) is 37.3 Å². The summed E-state index contributed by atoms with van der Waals surface area (Å²) in [5.74, 6) is -0.421. The SMILES string of the molecule is Cc1cccc(CCC(=O)N(C)Cc2ccc(OCC(=O)O)cc2)c1. The number of aryl methyl sites for hydroxylation is 2. The first-order valence-electron chi connectivity index (χ1n) is 8.17. The lowest BCUT2D eigenvalue weighted by Gasteiger charge is -2.17. The van der Waals surface area contributed by atoms with Gasteiger partial charge in [-0.2, -0.15) is 0 Å². The van der Waals surface area contributed by atoms with Crippen molar-refractivity contribution < 1.29 is 19.4 Å². The first-order chi connectivity index (χ1) is 11.9. The first kappa shape index (κ1) is 18.5. The quantitative estimate of drug-likeness (QED) is 0.801. The molecule has 0 aromatic heterocycles. The molecule has 2 aromatic carbocycles. The van der Waals surface area contributed by atoms with Gasteiger partial charge in [0.15, 0.2) is 6.61 Å². The van der Waals surface area contributed by atoms with Gasteiger partial charge in [0.1, 0.15) is 5.75 Å². The van der Waals surface area contributed by atoms with Crippen molar-refractivity contribution in [2.45, 2.75) is 26.3 Å². The minimum absolute atomic E-state index is 0.0905. The Hall–Kier alpha value is -2.82. The molecule has 0 saturated carbocycles. The lowest BCUT2D eigenvalue weighted by atomic mass is 10.1. The van der Waals surface area contributed by atoms with Crippen molar-refractivity contribution in [2.75, 3.05) is 13.7 Å². The number of carbonyl (C=O) groups excluding carboxylic acids is 1. The summed E-state index contributed by atoms with van der Waals surface area (Å²) >= 11 is 0. The first-order valence-corrected chi connectivity index (χ1v) is 8.17. The highest BCUT2D eigenvalue weighted by atomic mass is 16.5. The van der Waals surface area contributed by atoms with Gasteiger partial charge in [-0.05, 0) is 36.6 Å². The number of hydrogen-bond acceptors (Lipinski definition) is 3. The molecule has 1 amide bonds. The highest BCUT2D eigenvalue weighted by molar-refractivity contribution is 5.76. The monoisotopic (exact) mass is 341 g/mol. The van der Waals surface area contributed by atoms with Gasteiger partial charge < -0.3 is 14.7 Å². The van der Waals surface area contributed by atoms with Crippen LogP contribution >= 0.6 is 0 Å². The molecule has 0 fully saturated rings. The fourth-order valence-corrected chi connectivity index (χ4v) is 2.51. The second kappa shape index (κ2) is 8.87. The van der Waals surface area contributed by atoms with Crippen LogP contribution in [0.25, 0.3) is 0 Å². The largest absolute Gasteiger partial charge is 0.482 e. The van der Waals surface area contributed by atoms with Crippen molar-refractivity contribution in [3.63, 3.8) is 0 Å². The molecule has 1 N–H and O–H groups in total. The zero-order chi connectivity index (χ0) is 18.2. The van der Waals surface area contributed by atoms with E-state index in [9.17, 15) is 9.59 Å². The molecule has 0 radical (unpaired) electrons. The van der Waals surface area contributed by atoms with Gasteiger partial charge >= 0.3 is 5.97 Å². The zero-order valence-corrected chi connectivity index (χ0v) is 14.6. The van der Waals surface area contributed by atoms with E-state index in [-0.39, 0.29) is 12.5 Å². The van der Waals surface area contributed by atoms with Crippen LogP contribution in [-0.2, 0) is 22.6 Å². The van der Waals surface area contributed by atoms with Gasteiger partial charge in [0.2, 0.25) is 5.91 Å². The Bertz CT molecular complexity index is 725. The van der Waals surface area contributed by atoms with Gasteiger partial charge in [-0.3, -0.25) is 4.79 Å². The van der Waals surface area contributed by atoms with Gasteiger partial charge in [0, 0.05) is 20.0 Å². The second-order valence-electron chi connectivity index (χ2n) is 6.07. The van der Waals surface area contributed by atoms with Crippen molar-refractivity contribution in [3.8, 4) is 5.75 Å². The van der Waals surface area contributed by atoms with E-state index in [0.29, 0.717) is 18.7 Å². The number of amides is 1. The second-order valence-corrected chi connectivity index (χ2v) is 6.07. The minimum Gasteiger partial charge on any atom is -0.482 e. The molecule has 5 heteroatoms. The normalized spacial score (nSPS) is 10.3. The van der Waals surface area contributed by atoms with E-state index < -0.39 is 5.97 Å². The molecule has 0 aliphatic rings. The van der Waals surface area contributed by atoms with Gasteiger partial charge in [0.25, 0.3) is 0 Å². The van der Waals surface area contributed by atoms with Crippen LogP contribution in [-0.4, -0.2) is 35.5 Å². The number of hydrogen-bond donors (Lipinski definition) is 1. The number of carbonyl (C=O) groups is 2. The van der Waals surface area contributed by atoms with Crippen LogP contribution < -0.4 is 4.74 Å². The number of ether oxygens (including phenoxy) is 1. The van der Waals surface area contributed by atoms with Crippen molar-refractivity contribution in [2.24, 2.45) is 0 Å². The third kappa shape index (κ3) is 6.30. The molecule has 0 spiro atoms. The summed E-state index contributed by atoms with van der Waals surface area (Å²) in [4.78, 5) is 24.5. The lowest BCUT2D eigenvalue weighted by molar-refractivity contribution is -0.139. The van der Waals surface area contributed by atoms with Crippen LogP contribution in [0.1, 0.15) is 23.1 Å². The fourth-order valence-electron chi connectivity index (χ4n) is 2.51. The van der Waals surface area contributed by atoms with E-state index >= 15 is 0 Å². The van der Waals surface area contributed by atoms with Crippen LogP contribution in [0, 0.1) is 6.92 Å². The number of carboxylic acid groups (broad SMARTS) is 1. The fraction of sp³-hybridized carbons (Fsp3) is 0.300. The van der Waals surface area contributed by atoms with Gasteiger partial charge in [-0.1, -0.05) is 42.0 Å². The Morgan fingerprint density at radius 3 is 2.44 bits per heavy atom. The molecule has 25 heavy (non-hydrogen) atoms. The Labute approximate surface area is 147 Å². The summed E-state index contributed by atoms with van der Waals surface area (Å²) in [6, 6.07) is 15.3. The highest BCUT2D eigenvalue weighted by Gasteiger charge is 2.10. The number of rotatable bonds is 8. The maximum Gasteiger partial charge on any atom is 0.341 e. The minimum atomic E-state index is -1.01. The average molecular weight is 341 g/mol. The number of benzene rings is 2. The van der Waals surface area contributed by atoms with Crippen LogP contribution in [0.3, 0.4) is 0 Å². The van der Waals surface area contributed by atoms with E-state index in [1.165, 1.54) is 11.1 Å². The molecule has 0 aliphatic heterocycles. The summed E-state index contributed by atoms with van der Waals surface area (Å²) in [5, 5.41) is 8.59. The maximum atomic E-state index is 12.3. The Kier molecular flexibility index (Phi) is 6.57. The van der Waals surface area contributed by atoms with Crippen LogP contribution in [0.2, 0.25) is 0 Å². The summed E-state index contributed by atoms with van der Waals surface area (Å²) in [7, 11) is 1.79. The van der Waals surface area contributed by atoms with Gasteiger partial charge in [0.05, 0.1) is 0 Å². The summed E-state index contributed by atoms with van der Waals surface area (Å²) in [6.45, 7) is 2.18. The predicted octanol–water partition coefficient (Wildman–Crippen LogP) is 3.05. The molecule has 0 saturated heterocycles. The molecule has 0 unspecified atom stereocenters. The van der Waals surface area contributed by atoms with Gasteiger partial charge in [-0.25, -0.2) is 4.79 Å². The van der Waals surface area contributed by atoms with E-state index in [0.717, 1.165) is 12.0 Å². The number of aliphatic carboxylic acids is 1. The standard InChI is InChI=1S/C20H23NO4/c1-15-4-3-5-16(12-15)8-11-19(22)21(2)13-17-6-9-18(10-7-17)25-14-20(23)24/h3-7,9-10,12H,8,11,13-14H2,1-2H3,(H,23,24). The summed E-state index contributed by atoms with van der Waals surface area (Å²) in [5.41, 5.74) is 3.33. The van der Waals surface area contributed by atoms with Crippen LogP contribution in [0.4, 0.5) is 0 Å². The Balaban J connectivity index is 1.82. The zero-order valence-electron chi connectivity index (χ0n) is 14.6. The van der Waals surface area contributed by atoms with Gasteiger partial charge in [-0.15, -0.1) is 0 Å². The Morgan fingerprint density at radius 2 is 1.80 bits per heavy atom.